The van der Waals surface area contributed by atoms with Crippen LogP contribution in [0.15, 0.2) is 23.1 Å². The average Bonchev–Trinajstić information content (AvgIpc) is 3.16. The second-order valence-electron chi connectivity index (χ2n) is 7.47. The molecule has 4 rings (SSSR count). The second-order valence-corrected chi connectivity index (χ2v) is 9.23. The molecule has 3 heterocycles. The minimum Gasteiger partial charge on any atom is -0.454 e. The molecular weight excluding hydrogens is 370 g/mol. The molecule has 2 saturated heterocycles. The van der Waals surface area contributed by atoms with Crippen LogP contribution in [0.4, 0.5) is 0 Å². The van der Waals surface area contributed by atoms with Crippen LogP contribution in [0.2, 0.25) is 0 Å². The minimum absolute atomic E-state index is 0.125. The van der Waals surface area contributed by atoms with Crippen molar-refractivity contribution in [1.82, 2.24) is 14.5 Å². The Morgan fingerprint density at radius 2 is 1.78 bits per heavy atom. The molecule has 0 spiro atoms. The zero-order valence-corrected chi connectivity index (χ0v) is 16.5. The predicted octanol–water partition coefficient (Wildman–Crippen LogP) is 0.490. The number of hydrogen-bond donors (Lipinski definition) is 1. The molecule has 0 aromatic heterocycles. The number of nitrogens with zero attached hydrogens (tertiary/aromatic N) is 2. The van der Waals surface area contributed by atoms with E-state index in [2.05, 4.69) is 21.6 Å². The lowest BCUT2D eigenvalue weighted by atomic mass is 9.85. The van der Waals surface area contributed by atoms with Gasteiger partial charge in [0, 0.05) is 31.2 Å². The number of fused-ring (bicyclic) bond motifs is 1. The number of piperidine rings is 1. The van der Waals surface area contributed by atoms with Crippen LogP contribution in [0, 0.1) is 0 Å². The van der Waals surface area contributed by atoms with Gasteiger partial charge in [0.15, 0.2) is 11.5 Å². The summed E-state index contributed by atoms with van der Waals surface area (Å²) in [6.45, 7) is 5.54. The highest BCUT2D eigenvalue weighted by Gasteiger charge is 2.40. The molecule has 0 amide bonds. The van der Waals surface area contributed by atoms with Crippen LogP contribution in [0.25, 0.3) is 0 Å². The van der Waals surface area contributed by atoms with E-state index < -0.39 is 10.0 Å². The molecular formula is C18H27N3O5S. The predicted molar refractivity (Wildman–Crippen MR) is 99.6 cm³/mol. The summed E-state index contributed by atoms with van der Waals surface area (Å²) in [6.07, 6.45) is 1.88. The molecule has 3 aliphatic rings. The van der Waals surface area contributed by atoms with Crippen LogP contribution < -0.4 is 14.2 Å². The molecule has 0 radical (unpaired) electrons. The van der Waals surface area contributed by atoms with Crippen LogP contribution in [-0.2, 0) is 14.8 Å². The van der Waals surface area contributed by atoms with Gasteiger partial charge in [0.2, 0.25) is 16.8 Å². The SMILES string of the molecule is CN1CCC(CNS(=O)(=O)c2ccc3c(c2)OCO3)(N2CCOCC2)CC1. The highest BCUT2D eigenvalue weighted by molar-refractivity contribution is 7.89. The van der Waals surface area contributed by atoms with E-state index in [1.165, 1.54) is 6.07 Å². The quantitative estimate of drug-likeness (QED) is 0.775. The average molecular weight is 397 g/mol. The fraction of sp³-hybridized carbons (Fsp3) is 0.667. The van der Waals surface area contributed by atoms with Gasteiger partial charge < -0.3 is 19.1 Å². The smallest absolute Gasteiger partial charge is 0.240 e. The first kappa shape index (κ1) is 18.9. The minimum atomic E-state index is -3.63. The molecule has 27 heavy (non-hydrogen) atoms. The lowest BCUT2D eigenvalue weighted by Crippen LogP contribution is -2.62. The van der Waals surface area contributed by atoms with Gasteiger partial charge in [0.25, 0.3) is 0 Å². The number of nitrogens with one attached hydrogen (secondary N) is 1. The Balaban J connectivity index is 1.51. The lowest BCUT2D eigenvalue weighted by Gasteiger charge is -2.49. The van der Waals surface area contributed by atoms with Crippen LogP contribution in [0.5, 0.6) is 11.5 Å². The Hall–Kier alpha value is -1.39. The molecule has 1 aromatic carbocycles. The zero-order chi connectivity index (χ0) is 18.9. The molecule has 0 aliphatic carbocycles. The Labute approximate surface area is 160 Å². The number of sulfonamides is 1. The molecule has 1 N–H and O–H groups in total. The van der Waals surface area contributed by atoms with E-state index >= 15 is 0 Å². The number of rotatable bonds is 5. The van der Waals surface area contributed by atoms with Gasteiger partial charge >= 0.3 is 0 Å². The number of benzene rings is 1. The van der Waals surface area contributed by atoms with Crippen molar-refractivity contribution in [1.29, 1.82) is 0 Å². The summed E-state index contributed by atoms with van der Waals surface area (Å²) >= 11 is 0. The molecule has 0 bridgehead atoms. The van der Waals surface area contributed by atoms with E-state index in [0.29, 0.717) is 31.3 Å². The molecule has 8 nitrogen and oxygen atoms in total. The van der Waals surface area contributed by atoms with Gasteiger partial charge in [-0.1, -0.05) is 0 Å². The third-order valence-corrected chi connectivity index (χ3v) is 7.24. The lowest BCUT2D eigenvalue weighted by molar-refractivity contribution is -0.0427. The monoisotopic (exact) mass is 397 g/mol. The molecule has 0 unspecified atom stereocenters. The highest BCUT2D eigenvalue weighted by atomic mass is 32.2. The Morgan fingerprint density at radius 3 is 2.52 bits per heavy atom. The third-order valence-electron chi connectivity index (χ3n) is 5.85. The van der Waals surface area contributed by atoms with E-state index in [9.17, 15) is 8.42 Å². The largest absolute Gasteiger partial charge is 0.454 e. The first-order valence-corrected chi connectivity index (χ1v) is 10.9. The van der Waals surface area contributed by atoms with Gasteiger partial charge in [0.05, 0.1) is 18.1 Å². The number of hydrogen-bond acceptors (Lipinski definition) is 7. The summed E-state index contributed by atoms with van der Waals surface area (Å²) in [4.78, 5) is 4.91. The molecule has 150 valence electrons. The van der Waals surface area contributed by atoms with Crippen molar-refractivity contribution in [2.24, 2.45) is 0 Å². The maximum atomic E-state index is 12.9. The summed E-state index contributed by atoms with van der Waals surface area (Å²) in [6, 6.07) is 4.73. The standard InChI is InChI=1S/C18H27N3O5S/c1-20-6-4-18(5-7-20,21-8-10-24-11-9-21)13-19-27(22,23)15-2-3-16-17(12-15)26-14-25-16/h2-3,12,19H,4-11,13-14H2,1H3. The highest BCUT2D eigenvalue weighted by Crippen LogP contribution is 2.34. The maximum Gasteiger partial charge on any atom is 0.240 e. The Bertz CT molecular complexity index is 771. The summed E-state index contributed by atoms with van der Waals surface area (Å²) in [5.41, 5.74) is -0.167. The number of likely N-dealkylation sites (tertiary alicyclic amines) is 1. The summed E-state index contributed by atoms with van der Waals surface area (Å²) in [7, 11) is -1.52. The van der Waals surface area contributed by atoms with E-state index in [1.807, 2.05) is 0 Å². The van der Waals surface area contributed by atoms with Crippen LogP contribution in [0.1, 0.15) is 12.8 Å². The molecule has 2 fully saturated rings. The normalized spacial score (nSPS) is 23.4. The third kappa shape index (κ3) is 3.93. The first-order chi connectivity index (χ1) is 13.0. The summed E-state index contributed by atoms with van der Waals surface area (Å²) < 4.78 is 44.7. The van der Waals surface area contributed by atoms with E-state index in [-0.39, 0.29) is 17.2 Å². The van der Waals surface area contributed by atoms with E-state index in [0.717, 1.165) is 39.0 Å². The van der Waals surface area contributed by atoms with Crippen molar-refractivity contribution in [3.05, 3.63) is 18.2 Å². The Morgan fingerprint density at radius 1 is 1.07 bits per heavy atom. The van der Waals surface area contributed by atoms with Gasteiger partial charge in [-0.3, -0.25) is 4.90 Å². The zero-order valence-electron chi connectivity index (χ0n) is 15.6. The van der Waals surface area contributed by atoms with Crippen LogP contribution in [-0.4, -0.2) is 83.5 Å². The van der Waals surface area contributed by atoms with Crippen LogP contribution in [0.3, 0.4) is 0 Å². The van der Waals surface area contributed by atoms with Crippen molar-refractivity contribution >= 4 is 10.0 Å². The second kappa shape index (κ2) is 7.56. The molecule has 0 atom stereocenters. The van der Waals surface area contributed by atoms with Crippen molar-refractivity contribution < 1.29 is 22.6 Å². The van der Waals surface area contributed by atoms with E-state index in [4.69, 9.17) is 14.2 Å². The maximum absolute atomic E-state index is 12.9. The van der Waals surface area contributed by atoms with Gasteiger partial charge in [-0.25, -0.2) is 13.1 Å². The van der Waals surface area contributed by atoms with Gasteiger partial charge in [-0.2, -0.15) is 0 Å². The summed E-state index contributed by atoms with van der Waals surface area (Å²) in [5.74, 6) is 1.05. The molecule has 0 saturated carbocycles. The van der Waals surface area contributed by atoms with Gasteiger partial charge in [0.1, 0.15) is 0 Å². The summed E-state index contributed by atoms with van der Waals surface area (Å²) in [5, 5.41) is 0. The Kier molecular flexibility index (Phi) is 5.30. The molecule has 3 aliphatic heterocycles. The van der Waals surface area contributed by atoms with Crippen molar-refractivity contribution in [3.8, 4) is 11.5 Å². The van der Waals surface area contributed by atoms with Crippen LogP contribution >= 0.6 is 0 Å². The first-order valence-electron chi connectivity index (χ1n) is 9.39. The number of ether oxygens (including phenoxy) is 3. The van der Waals surface area contributed by atoms with Crippen molar-refractivity contribution in [3.63, 3.8) is 0 Å². The fourth-order valence-corrected chi connectivity index (χ4v) is 5.17. The van der Waals surface area contributed by atoms with Gasteiger partial charge in [-0.05, 0) is 45.1 Å². The van der Waals surface area contributed by atoms with Gasteiger partial charge in [-0.15, -0.1) is 0 Å². The topological polar surface area (TPSA) is 80.3 Å². The van der Waals surface area contributed by atoms with E-state index in [1.54, 1.807) is 12.1 Å². The van der Waals surface area contributed by atoms with Crippen molar-refractivity contribution in [2.45, 2.75) is 23.3 Å². The number of morpholine rings is 1. The molecule has 1 aromatic rings. The fourth-order valence-electron chi connectivity index (χ4n) is 4.03. The molecule has 9 heteroatoms. The van der Waals surface area contributed by atoms with Crippen molar-refractivity contribution in [2.75, 3.05) is 59.8 Å².